The Morgan fingerprint density at radius 1 is 0.872 bits per heavy atom. The topological polar surface area (TPSA) is 69.7 Å². The summed E-state index contributed by atoms with van der Waals surface area (Å²) in [6.45, 7) is 4.77. The van der Waals surface area contributed by atoms with E-state index in [1.165, 1.54) is 25.7 Å². The van der Waals surface area contributed by atoms with Crippen LogP contribution in [0.4, 0.5) is 4.79 Å². The number of urea groups is 1. The van der Waals surface area contributed by atoms with Gasteiger partial charge in [-0.05, 0) is 93.5 Å². The van der Waals surface area contributed by atoms with E-state index in [1.807, 2.05) is 11.9 Å². The van der Waals surface area contributed by atoms with E-state index in [0.717, 1.165) is 77.0 Å². The average Bonchev–Trinajstić information content (AvgIpc) is 3.29. The Bertz CT molecular complexity index is 998. The molecular weight excluding hydrogens is 486 g/mol. The molecule has 0 aromatic rings. The Kier molecular flexibility index (Phi) is 7.37. The maximum Gasteiger partial charge on any atom is 0.324 e. The lowest BCUT2D eigenvalue weighted by atomic mass is 9.47. The summed E-state index contributed by atoms with van der Waals surface area (Å²) in [5.74, 6) is 1.87. The predicted molar refractivity (Wildman–Crippen MR) is 153 cm³/mol. The van der Waals surface area contributed by atoms with Crippen LogP contribution in [0, 0.1) is 34.5 Å². The summed E-state index contributed by atoms with van der Waals surface area (Å²) in [7, 11) is 1.98. The number of rotatable bonds is 3. The van der Waals surface area contributed by atoms with Crippen molar-refractivity contribution in [1.82, 2.24) is 15.1 Å². The minimum Gasteiger partial charge on any atom is -0.338 e. The molecule has 6 aliphatic rings. The van der Waals surface area contributed by atoms with Gasteiger partial charge in [-0.15, -0.1) is 0 Å². The number of imide groups is 1. The van der Waals surface area contributed by atoms with E-state index in [0.29, 0.717) is 17.8 Å². The summed E-state index contributed by atoms with van der Waals surface area (Å²) in [5, 5.41) is 3.32. The van der Waals surface area contributed by atoms with Gasteiger partial charge in [-0.1, -0.05) is 58.4 Å². The van der Waals surface area contributed by atoms with Crippen LogP contribution in [0.1, 0.15) is 117 Å². The van der Waals surface area contributed by atoms with Gasteiger partial charge in [0, 0.05) is 36.5 Å². The molecule has 39 heavy (non-hydrogen) atoms. The fraction of sp³-hybridized carbons (Fsp3) is 0.848. The molecule has 5 saturated carbocycles. The van der Waals surface area contributed by atoms with Gasteiger partial charge in [0.2, 0.25) is 11.8 Å². The molecule has 0 unspecified atom stereocenters. The molecule has 0 radical (unpaired) electrons. The van der Waals surface area contributed by atoms with Crippen molar-refractivity contribution in [3.8, 4) is 0 Å². The van der Waals surface area contributed by atoms with Crippen molar-refractivity contribution in [2.45, 2.75) is 135 Å². The van der Waals surface area contributed by atoms with Crippen molar-refractivity contribution < 1.29 is 14.4 Å². The van der Waals surface area contributed by atoms with Crippen molar-refractivity contribution in [2.75, 3.05) is 7.05 Å². The number of amides is 4. The van der Waals surface area contributed by atoms with E-state index < -0.39 is 0 Å². The minimum atomic E-state index is -0.104. The van der Waals surface area contributed by atoms with Crippen LogP contribution in [0.5, 0.6) is 0 Å². The third-order valence-corrected chi connectivity index (χ3v) is 12.8. The zero-order valence-electron chi connectivity index (χ0n) is 24.6. The predicted octanol–water partition coefficient (Wildman–Crippen LogP) is 6.45. The third kappa shape index (κ3) is 4.56. The first-order valence-corrected chi connectivity index (χ1v) is 16.3. The summed E-state index contributed by atoms with van der Waals surface area (Å²) >= 11 is 0. The van der Waals surface area contributed by atoms with Gasteiger partial charge in [-0.3, -0.25) is 14.5 Å². The molecule has 6 nitrogen and oxygen atoms in total. The lowest BCUT2D eigenvalue weighted by Crippen LogP contribution is -2.60. The first-order chi connectivity index (χ1) is 18.7. The van der Waals surface area contributed by atoms with Crippen LogP contribution in [0.2, 0.25) is 0 Å². The van der Waals surface area contributed by atoms with Crippen molar-refractivity contribution in [3.63, 3.8) is 0 Å². The second kappa shape index (κ2) is 10.5. The van der Waals surface area contributed by atoms with Crippen LogP contribution in [0.15, 0.2) is 12.2 Å². The summed E-state index contributed by atoms with van der Waals surface area (Å²) < 4.78 is 0. The van der Waals surface area contributed by atoms with Gasteiger partial charge in [0.05, 0.1) is 0 Å². The quantitative estimate of drug-likeness (QED) is 0.450. The van der Waals surface area contributed by atoms with Gasteiger partial charge >= 0.3 is 6.03 Å². The van der Waals surface area contributed by atoms with Gasteiger partial charge in [-0.25, -0.2) is 4.79 Å². The maximum absolute atomic E-state index is 14.5. The number of carbonyl (C=O) groups is 3. The molecule has 1 N–H and O–H groups in total. The van der Waals surface area contributed by atoms with E-state index in [-0.39, 0.29) is 52.7 Å². The van der Waals surface area contributed by atoms with Crippen molar-refractivity contribution in [1.29, 1.82) is 0 Å². The molecular formula is C33H51N3O3. The standard InChI is InChI=1S/C33H51N3O3/c1-32-20-18-26-24(14-17-28-33(26,2)21-19-29(37)35(28)3)25(32)15-16-27(32)30(38)36(23-12-8-5-9-13-23)31(39)34-22-10-6-4-7-11-22/h19,21-28H,4-18,20H2,1-3H3,(H,34,39)/t24-,25-,26-,27+,28+,32-,33+/m0/s1. The number of carbonyl (C=O) groups excluding carboxylic acids is 3. The van der Waals surface area contributed by atoms with Crippen LogP contribution in [-0.2, 0) is 9.59 Å². The zero-order chi connectivity index (χ0) is 27.4. The second-order valence-corrected chi connectivity index (χ2v) is 14.6. The number of nitrogens with one attached hydrogen (secondary N) is 1. The summed E-state index contributed by atoms with van der Waals surface area (Å²) in [6, 6.07) is 0.456. The smallest absolute Gasteiger partial charge is 0.324 e. The molecule has 0 bridgehead atoms. The van der Waals surface area contributed by atoms with Gasteiger partial charge < -0.3 is 10.2 Å². The highest BCUT2D eigenvalue weighted by molar-refractivity contribution is 5.96. The number of hydrogen-bond donors (Lipinski definition) is 1. The van der Waals surface area contributed by atoms with Crippen LogP contribution in [0.25, 0.3) is 0 Å². The first kappa shape index (κ1) is 27.3. The molecule has 5 fully saturated rings. The Hall–Kier alpha value is -1.85. The fourth-order valence-electron chi connectivity index (χ4n) is 10.6. The van der Waals surface area contributed by atoms with E-state index in [1.54, 1.807) is 11.0 Å². The monoisotopic (exact) mass is 537 g/mol. The first-order valence-electron chi connectivity index (χ1n) is 16.3. The largest absolute Gasteiger partial charge is 0.338 e. The lowest BCUT2D eigenvalue weighted by molar-refractivity contribution is -0.147. The zero-order valence-corrected chi connectivity index (χ0v) is 24.6. The highest BCUT2D eigenvalue weighted by Gasteiger charge is 2.62. The minimum absolute atomic E-state index is 0.0169. The molecule has 216 valence electrons. The second-order valence-electron chi connectivity index (χ2n) is 14.6. The Balaban J connectivity index is 1.23. The molecule has 1 aliphatic heterocycles. The third-order valence-electron chi connectivity index (χ3n) is 12.8. The Labute approximate surface area is 235 Å². The molecule has 0 saturated heterocycles. The van der Waals surface area contributed by atoms with Crippen molar-refractivity contribution in [3.05, 3.63) is 12.2 Å². The van der Waals surface area contributed by atoms with E-state index in [2.05, 4.69) is 25.2 Å². The average molecular weight is 538 g/mol. The van der Waals surface area contributed by atoms with Crippen LogP contribution >= 0.6 is 0 Å². The summed E-state index contributed by atoms with van der Waals surface area (Å²) in [6.07, 6.45) is 21.4. The molecule has 4 amide bonds. The Morgan fingerprint density at radius 2 is 1.56 bits per heavy atom. The normalized spacial score (nSPS) is 40.9. The highest BCUT2D eigenvalue weighted by atomic mass is 16.2. The Morgan fingerprint density at radius 3 is 2.28 bits per heavy atom. The summed E-state index contributed by atoms with van der Waals surface area (Å²) in [5.41, 5.74) is -0.0252. The van der Waals surface area contributed by atoms with E-state index in [4.69, 9.17) is 0 Å². The number of hydrogen-bond acceptors (Lipinski definition) is 3. The summed E-state index contributed by atoms with van der Waals surface area (Å²) in [4.78, 5) is 44.5. The SMILES string of the molecule is CN1C(=O)C=C[C@]2(C)[C@H]3CC[C@]4(C)[C@@H](C(=O)N(C(=O)NC5CCCCC5)C5CCCCC5)CC[C@H]4[C@@H]3CC[C@@H]12. The molecule has 7 atom stereocenters. The van der Waals surface area contributed by atoms with E-state index >= 15 is 0 Å². The molecule has 6 rings (SSSR count). The van der Waals surface area contributed by atoms with Crippen molar-refractivity contribution >= 4 is 17.8 Å². The van der Waals surface area contributed by atoms with Gasteiger partial charge in [-0.2, -0.15) is 0 Å². The fourth-order valence-corrected chi connectivity index (χ4v) is 10.6. The van der Waals surface area contributed by atoms with Gasteiger partial charge in [0.25, 0.3) is 0 Å². The van der Waals surface area contributed by atoms with E-state index in [9.17, 15) is 14.4 Å². The van der Waals surface area contributed by atoms with Gasteiger partial charge in [0.1, 0.15) is 0 Å². The molecule has 0 aromatic heterocycles. The van der Waals surface area contributed by atoms with Crippen LogP contribution in [0.3, 0.4) is 0 Å². The highest BCUT2D eigenvalue weighted by Crippen LogP contribution is 2.65. The van der Waals surface area contributed by atoms with Crippen LogP contribution in [-0.4, -0.2) is 52.8 Å². The van der Waals surface area contributed by atoms with Crippen LogP contribution < -0.4 is 5.32 Å². The molecule has 5 aliphatic carbocycles. The number of fused-ring (bicyclic) bond motifs is 5. The molecule has 1 heterocycles. The molecule has 0 spiro atoms. The van der Waals surface area contributed by atoms with Crippen molar-refractivity contribution in [2.24, 2.45) is 34.5 Å². The lowest BCUT2D eigenvalue weighted by Gasteiger charge is -2.60. The van der Waals surface area contributed by atoms with Gasteiger partial charge in [0.15, 0.2) is 0 Å². The molecule has 6 heteroatoms. The molecule has 0 aromatic carbocycles. The number of nitrogens with zero attached hydrogens (tertiary/aromatic N) is 2. The number of likely N-dealkylation sites (N-methyl/N-ethyl adjacent to an activating group) is 1. The maximum atomic E-state index is 14.5.